The summed E-state index contributed by atoms with van der Waals surface area (Å²) in [7, 11) is 0. The third-order valence-electron chi connectivity index (χ3n) is 3.23. The van der Waals surface area contributed by atoms with Gasteiger partial charge in [-0.05, 0) is 36.2 Å². The Kier molecular flexibility index (Phi) is 4.24. The van der Waals surface area contributed by atoms with Crippen LogP contribution in [0.15, 0.2) is 42.6 Å². The lowest BCUT2D eigenvalue weighted by Crippen LogP contribution is -2.21. The van der Waals surface area contributed by atoms with Crippen LogP contribution in [0.2, 0.25) is 0 Å². The van der Waals surface area contributed by atoms with Gasteiger partial charge in [0.05, 0.1) is 6.10 Å². The summed E-state index contributed by atoms with van der Waals surface area (Å²) in [6, 6.07) is 10.1. The first-order chi connectivity index (χ1) is 9.13. The Balaban J connectivity index is 2.30. The van der Waals surface area contributed by atoms with Crippen LogP contribution >= 0.6 is 0 Å². The summed E-state index contributed by atoms with van der Waals surface area (Å²) in [6.45, 7) is 1.94. The molecule has 2 aromatic rings. The minimum absolute atomic E-state index is 0.272. The molecule has 0 spiro atoms. The fourth-order valence-corrected chi connectivity index (χ4v) is 2.09. The van der Waals surface area contributed by atoms with Gasteiger partial charge in [-0.2, -0.15) is 0 Å². The van der Waals surface area contributed by atoms with E-state index in [1.165, 1.54) is 6.07 Å². The van der Waals surface area contributed by atoms with E-state index in [0.29, 0.717) is 11.1 Å². The standard InChI is InChI=1S/C15H17FN2O/c1-10-8-11(5-6-13(10)16)15(19)12(9-17)14-4-2-3-7-18-14/h2-8,12,15,19H,9,17H2,1H3. The Morgan fingerprint density at radius 1 is 1.32 bits per heavy atom. The van der Waals surface area contributed by atoms with Crippen LogP contribution in [0.1, 0.15) is 28.8 Å². The van der Waals surface area contributed by atoms with E-state index in [4.69, 9.17) is 5.73 Å². The first-order valence-corrected chi connectivity index (χ1v) is 6.18. The highest BCUT2D eigenvalue weighted by atomic mass is 19.1. The van der Waals surface area contributed by atoms with Crippen molar-refractivity contribution in [3.63, 3.8) is 0 Å². The fraction of sp³-hybridized carbons (Fsp3) is 0.267. The number of nitrogens with two attached hydrogens (primary N) is 1. The number of benzene rings is 1. The molecule has 0 aliphatic carbocycles. The predicted octanol–water partition coefficient (Wildman–Crippen LogP) is 2.31. The molecule has 2 atom stereocenters. The van der Waals surface area contributed by atoms with Crippen LogP contribution in [0.3, 0.4) is 0 Å². The van der Waals surface area contributed by atoms with E-state index < -0.39 is 6.10 Å². The lowest BCUT2D eigenvalue weighted by atomic mass is 9.91. The SMILES string of the molecule is Cc1cc(C(O)C(CN)c2ccccn2)ccc1F. The van der Waals surface area contributed by atoms with Crippen LogP contribution in [0.25, 0.3) is 0 Å². The first kappa shape index (κ1) is 13.6. The average molecular weight is 260 g/mol. The zero-order valence-corrected chi connectivity index (χ0v) is 10.8. The smallest absolute Gasteiger partial charge is 0.126 e. The molecular formula is C15H17FN2O. The molecule has 1 heterocycles. The Hall–Kier alpha value is -1.78. The maximum Gasteiger partial charge on any atom is 0.126 e. The highest BCUT2D eigenvalue weighted by Gasteiger charge is 2.22. The summed E-state index contributed by atoms with van der Waals surface area (Å²) < 4.78 is 13.2. The molecule has 100 valence electrons. The summed E-state index contributed by atoms with van der Waals surface area (Å²) >= 11 is 0. The summed E-state index contributed by atoms with van der Waals surface area (Å²) in [5.41, 5.74) is 7.63. The van der Waals surface area contributed by atoms with E-state index in [9.17, 15) is 9.50 Å². The monoisotopic (exact) mass is 260 g/mol. The quantitative estimate of drug-likeness (QED) is 0.886. The molecule has 0 bridgehead atoms. The van der Waals surface area contributed by atoms with Gasteiger partial charge in [0.1, 0.15) is 5.82 Å². The van der Waals surface area contributed by atoms with Crippen molar-refractivity contribution in [1.29, 1.82) is 0 Å². The molecule has 4 heteroatoms. The molecule has 0 saturated heterocycles. The van der Waals surface area contributed by atoms with Gasteiger partial charge < -0.3 is 10.8 Å². The number of aliphatic hydroxyl groups is 1. The van der Waals surface area contributed by atoms with E-state index in [0.717, 1.165) is 5.69 Å². The van der Waals surface area contributed by atoms with Gasteiger partial charge in [0.25, 0.3) is 0 Å². The van der Waals surface area contributed by atoms with Crippen LogP contribution in [0.5, 0.6) is 0 Å². The van der Waals surface area contributed by atoms with E-state index in [2.05, 4.69) is 4.98 Å². The lowest BCUT2D eigenvalue weighted by molar-refractivity contribution is 0.145. The van der Waals surface area contributed by atoms with Crippen LogP contribution in [-0.4, -0.2) is 16.6 Å². The molecule has 3 N–H and O–H groups in total. The molecule has 0 fully saturated rings. The molecule has 0 aliphatic rings. The third-order valence-corrected chi connectivity index (χ3v) is 3.23. The molecule has 0 saturated carbocycles. The van der Waals surface area contributed by atoms with Gasteiger partial charge in [-0.15, -0.1) is 0 Å². The Bertz CT molecular complexity index is 545. The van der Waals surface area contributed by atoms with Crippen molar-refractivity contribution < 1.29 is 9.50 Å². The number of aliphatic hydroxyl groups excluding tert-OH is 1. The van der Waals surface area contributed by atoms with Crippen molar-refractivity contribution in [3.05, 3.63) is 65.2 Å². The Morgan fingerprint density at radius 2 is 2.11 bits per heavy atom. The molecule has 0 radical (unpaired) electrons. The van der Waals surface area contributed by atoms with Crippen molar-refractivity contribution in [2.45, 2.75) is 18.9 Å². The molecule has 0 aliphatic heterocycles. The summed E-state index contributed by atoms with van der Waals surface area (Å²) in [5, 5.41) is 10.4. The second-order valence-corrected chi connectivity index (χ2v) is 4.55. The normalized spacial score (nSPS) is 14.1. The minimum Gasteiger partial charge on any atom is -0.388 e. The predicted molar refractivity (Wildman–Crippen MR) is 72.1 cm³/mol. The number of aromatic nitrogens is 1. The second-order valence-electron chi connectivity index (χ2n) is 4.55. The molecule has 19 heavy (non-hydrogen) atoms. The highest BCUT2D eigenvalue weighted by Crippen LogP contribution is 2.29. The molecule has 0 amide bonds. The van der Waals surface area contributed by atoms with Crippen LogP contribution < -0.4 is 5.73 Å². The third kappa shape index (κ3) is 2.97. The summed E-state index contributed by atoms with van der Waals surface area (Å²) in [4.78, 5) is 4.22. The van der Waals surface area contributed by atoms with Crippen molar-refractivity contribution in [2.24, 2.45) is 5.73 Å². The topological polar surface area (TPSA) is 59.1 Å². The molecule has 2 unspecified atom stereocenters. The summed E-state index contributed by atoms with van der Waals surface area (Å²) in [5.74, 6) is -0.579. The van der Waals surface area contributed by atoms with Gasteiger partial charge in [0.15, 0.2) is 0 Å². The van der Waals surface area contributed by atoms with E-state index >= 15 is 0 Å². The first-order valence-electron chi connectivity index (χ1n) is 6.18. The van der Waals surface area contributed by atoms with Crippen LogP contribution in [0.4, 0.5) is 4.39 Å². The van der Waals surface area contributed by atoms with Crippen molar-refractivity contribution in [1.82, 2.24) is 4.98 Å². The maximum atomic E-state index is 13.2. The van der Waals surface area contributed by atoms with Crippen molar-refractivity contribution >= 4 is 0 Å². The number of rotatable bonds is 4. The molecule has 2 rings (SSSR count). The van der Waals surface area contributed by atoms with Crippen molar-refractivity contribution in [2.75, 3.05) is 6.54 Å². The van der Waals surface area contributed by atoms with Crippen LogP contribution in [-0.2, 0) is 0 Å². The summed E-state index contributed by atoms with van der Waals surface area (Å²) in [6.07, 6.45) is 0.875. The fourth-order valence-electron chi connectivity index (χ4n) is 2.09. The van der Waals surface area contributed by atoms with Gasteiger partial charge in [-0.1, -0.05) is 18.2 Å². The number of hydrogen-bond donors (Lipinski definition) is 2. The number of nitrogens with zero attached hydrogens (tertiary/aromatic N) is 1. The molecule has 1 aromatic carbocycles. The number of hydrogen-bond acceptors (Lipinski definition) is 3. The highest BCUT2D eigenvalue weighted by molar-refractivity contribution is 5.28. The zero-order valence-electron chi connectivity index (χ0n) is 10.8. The van der Waals surface area contributed by atoms with Crippen LogP contribution in [0, 0.1) is 12.7 Å². The Morgan fingerprint density at radius 3 is 2.68 bits per heavy atom. The number of halogens is 1. The lowest BCUT2D eigenvalue weighted by Gasteiger charge is -2.21. The van der Waals surface area contributed by atoms with E-state index in [-0.39, 0.29) is 18.3 Å². The molecule has 3 nitrogen and oxygen atoms in total. The van der Waals surface area contributed by atoms with Gasteiger partial charge in [-0.3, -0.25) is 4.98 Å². The molecule has 1 aromatic heterocycles. The van der Waals surface area contributed by atoms with Crippen molar-refractivity contribution in [3.8, 4) is 0 Å². The average Bonchev–Trinajstić information content (AvgIpc) is 2.44. The van der Waals surface area contributed by atoms with Gasteiger partial charge >= 0.3 is 0 Å². The molecular weight excluding hydrogens is 243 g/mol. The van der Waals surface area contributed by atoms with Gasteiger partial charge in [0, 0.05) is 24.4 Å². The largest absolute Gasteiger partial charge is 0.388 e. The van der Waals surface area contributed by atoms with Gasteiger partial charge in [0.2, 0.25) is 0 Å². The number of pyridine rings is 1. The Labute approximate surface area is 111 Å². The maximum absolute atomic E-state index is 13.2. The minimum atomic E-state index is -0.792. The van der Waals surface area contributed by atoms with E-state index in [1.54, 1.807) is 25.3 Å². The number of aryl methyl sites for hydroxylation is 1. The van der Waals surface area contributed by atoms with E-state index in [1.807, 2.05) is 18.2 Å². The second kappa shape index (κ2) is 5.91. The zero-order chi connectivity index (χ0) is 13.8. The van der Waals surface area contributed by atoms with Gasteiger partial charge in [-0.25, -0.2) is 4.39 Å².